The highest BCUT2D eigenvalue weighted by molar-refractivity contribution is 5.92. The normalized spacial score (nSPS) is 11.1. The van der Waals surface area contributed by atoms with Gasteiger partial charge < -0.3 is 5.32 Å². The highest BCUT2D eigenvalue weighted by atomic mass is 16.2. The van der Waals surface area contributed by atoms with Crippen LogP contribution in [0.25, 0.3) is 17.0 Å². The minimum atomic E-state index is -0.398. The summed E-state index contributed by atoms with van der Waals surface area (Å²) in [4.78, 5) is 30.3. The monoisotopic (exact) mass is 401 g/mol. The second kappa shape index (κ2) is 7.59. The van der Waals surface area contributed by atoms with Crippen LogP contribution in [-0.4, -0.2) is 25.1 Å². The van der Waals surface area contributed by atoms with Crippen molar-refractivity contribution in [1.29, 1.82) is 0 Å². The number of anilines is 1. The lowest BCUT2D eigenvalue weighted by Crippen LogP contribution is -2.29. The van der Waals surface area contributed by atoms with Gasteiger partial charge in [-0.1, -0.05) is 48.0 Å². The molecule has 0 spiro atoms. The molecule has 2 aromatic heterocycles. The van der Waals surface area contributed by atoms with Crippen LogP contribution in [0, 0.1) is 27.7 Å². The van der Waals surface area contributed by atoms with Crippen LogP contribution in [0.4, 0.5) is 5.69 Å². The Morgan fingerprint density at radius 3 is 2.33 bits per heavy atom. The molecular formula is C23H23N5O2. The lowest BCUT2D eigenvalue weighted by atomic mass is 10.1. The molecule has 0 fully saturated rings. The van der Waals surface area contributed by atoms with Crippen molar-refractivity contribution in [3.8, 4) is 11.4 Å². The molecule has 2 aromatic carbocycles. The van der Waals surface area contributed by atoms with Crippen molar-refractivity contribution in [3.63, 3.8) is 0 Å². The minimum absolute atomic E-state index is 0.180. The van der Waals surface area contributed by atoms with Gasteiger partial charge in [0.2, 0.25) is 5.91 Å². The summed E-state index contributed by atoms with van der Waals surface area (Å²) < 4.78 is 2.63. The number of hydrogen-bond acceptors (Lipinski definition) is 4. The van der Waals surface area contributed by atoms with Gasteiger partial charge in [0.15, 0.2) is 5.65 Å². The van der Waals surface area contributed by atoms with Crippen molar-refractivity contribution >= 4 is 17.2 Å². The zero-order valence-corrected chi connectivity index (χ0v) is 17.4. The van der Waals surface area contributed by atoms with Gasteiger partial charge in [-0.2, -0.15) is 0 Å². The van der Waals surface area contributed by atoms with E-state index in [0.29, 0.717) is 11.5 Å². The first-order valence-electron chi connectivity index (χ1n) is 9.74. The average molecular weight is 401 g/mol. The number of fused-ring (bicyclic) bond motifs is 1. The molecule has 0 aliphatic rings. The van der Waals surface area contributed by atoms with E-state index < -0.39 is 5.69 Å². The van der Waals surface area contributed by atoms with Gasteiger partial charge in [0, 0.05) is 23.0 Å². The molecule has 0 saturated carbocycles. The number of aromatic nitrogens is 4. The Balaban J connectivity index is 1.72. The molecule has 7 nitrogen and oxygen atoms in total. The Kier molecular flexibility index (Phi) is 4.95. The maximum absolute atomic E-state index is 13.1. The van der Waals surface area contributed by atoms with E-state index in [2.05, 4.69) is 15.4 Å². The van der Waals surface area contributed by atoms with Crippen LogP contribution in [0.3, 0.4) is 0 Å². The molecule has 152 valence electrons. The van der Waals surface area contributed by atoms with Crippen LogP contribution in [0.15, 0.2) is 53.3 Å². The lowest BCUT2D eigenvalue weighted by Gasteiger charge is -2.11. The van der Waals surface area contributed by atoms with E-state index in [1.54, 1.807) is 6.07 Å². The second-order valence-electron chi connectivity index (χ2n) is 7.54. The van der Waals surface area contributed by atoms with E-state index in [4.69, 9.17) is 0 Å². The molecule has 0 radical (unpaired) electrons. The molecule has 0 bridgehead atoms. The molecule has 0 aliphatic carbocycles. The molecule has 4 rings (SSSR count). The van der Waals surface area contributed by atoms with Gasteiger partial charge in [-0.3, -0.25) is 4.79 Å². The van der Waals surface area contributed by atoms with Crippen LogP contribution in [0.1, 0.15) is 22.4 Å². The number of para-hydroxylation sites is 1. The van der Waals surface area contributed by atoms with Crippen LogP contribution in [-0.2, 0) is 11.3 Å². The number of benzene rings is 2. The molecular weight excluding hydrogens is 378 g/mol. The maximum atomic E-state index is 13.1. The van der Waals surface area contributed by atoms with Gasteiger partial charge in [0.1, 0.15) is 12.4 Å². The van der Waals surface area contributed by atoms with Crippen molar-refractivity contribution in [2.24, 2.45) is 0 Å². The third kappa shape index (κ3) is 3.61. The fourth-order valence-electron chi connectivity index (χ4n) is 3.48. The van der Waals surface area contributed by atoms with Gasteiger partial charge in [-0.15, -0.1) is 5.10 Å². The largest absolute Gasteiger partial charge is 0.352 e. The van der Waals surface area contributed by atoms with Gasteiger partial charge in [-0.25, -0.2) is 18.9 Å². The lowest BCUT2D eigenvalue weighted by molar-refractivity contribution is -0.117. The van der Waals surface area contributed by atoms with E-state index in [1.165, 1.54) is 9.08 Å². The first kappa shape index (κ1) is 19.6. The van der Waals surface area contributed by atoms with Gasteiger partial charge >= 0.3 is 5.69 Å². The first-order valence-corrected chi connectivity index (χ1v) is 9.74. The highest BCUT2D eigenvalue weighted by Gasteiger charge is 2.17. The molecule has 7 heteroatoms. The Morgan fingerprint density at radius 2 is 1.67 bits per heavy atom. The molecule has 0 atom stereocenters. The van der Waals surface area contributed by atoms with Crippen LogP contribution >= 0.6 is 0 Å². The molecule has 2 heterocycles. The fraction of sp³-hybridized carbons (Fsp3) is 0.217. The zero-order chi connectivity index (χ0) is 21.4. The Morgan fingerprint density at radius 1 is 1.00 bits per heavy atom. The third-order valence-electron chi connectivity index (χ3n) is 5.05. The molecule has 1 amide bonds. The Hall–Kier alpha value is -3.74. The minimum Gasteiger partial charge on any atom is -0.324 e. The second-order valence-corrected chi connectivity index (χ2v) is 7.54. The van der Waals surface area contributed by atoms with Crippen LogP contribution in [0.2, 0.25) is 0 Å². The highest BCUT2D eigenvalue weighted by Crippen LogP contribution is 2.20. The topological polar surface area (TPSA) is 81.3 Å². The van der Waals surface area contributed by atoms with Crippen molar-refractivity contribution in [2.45, 2.75) is 34.2 Å². The van der Waals surface area contributed by atoms with E-state index in [1.807, 2.05) is 70.2 Å². The number of amides is 1. The molecule has 0 saturated heterocycles. The Labute approximate surface area is 174 Å². The average Bonchev–Trinajstić information content (AvgIpc) is 3.00. The number of hydrogen-bond donors (Lipinski definition) is 1. The van der Waals surface area contributed by atoms with Crippen molar-refractivity contribution in [1.82, 2.24) is 19.2 Å². The summed E-state index contributed by atoms with van der Waals surface area (Å²) in [6.07, 6.45) is 0. The first-order chi connectivity index (χ1) is 14.3. The Bertz CT molecular complexity index is 1300. The van der Waals surface area contributed by atoms with Crippen LogP contribution < -0.4 is 11.0 Å². The van der Waals surface area contributed by atoms with Gasteiger partial charge in [0.05, 0.1) is 0 Å². The van der Waals surface area contributed by atoms with E-state index in [0.717, 1.165) is 33.6 Å². The number of nitrogens with zero attached hydrogens (tertiary/aromatic N) is 4. The summed E-state index contributed by atoms with van der Waals surface area (Å²) in [6, 6.07) is 15.3. The van der Waals surface area contributed by atoms with Crippen molar-refractivity contribution in [2.75, 3.05) is 5.32 Å². The smallest absolute Gasteiger partial charge is 0.324 e. The number of carbonyl (C=O) groups is 1. The molecule has 0 unspecified atom stereocenters. The predicted molar refractivity (Wildman–Crippen MR) is 117 cm³/mol. The standard InChI is InChI=1S/C23H23N5O2/c1-14-8-10-18(11-9-14)22-24-17(4)12-19-26-27(23(30)28(19)22)13-20(29)25-21-15(2)6-5-7-16(21)3/h5-12H,13H2,1-4H3,(H,25,29). The van der Waals surface area contributed by atoms with E-state index in [-0.39, 0.29) is 12.5 Å². The summed E-state index contributed by atoms with van der Waals surface area (Å²) in [5.41, 5.74) is 5.43. The fourth-order valence-corrected chi connectivity index (χ4v) is 3.48. The quantitative estimate of drug-likeness (QED) is 0.568. The maximum Gasteiger partial charge on any atom is 0.352 e. The molecule has 30 heavy (non-hydrogen) atoms. The van der Waals surface area contributed by atoms with E-state index >= 15 is 0 Å². The van der Waals surface area contributed by atoms with Crippen molar-refractivity contribution in [3.05, 3.63) is 81.4 Å². The number of aryl methyl sites for hydroxylation is 4. The SMILES string of the molecule is Cc1ccc(-c2nc(C)cc3nn(CC(=O)Nc4c(C)cccc4C)c(=O)n23)cc1. The summed E-state index contributed by atoms with van der Waals surface area (Å²) in [5.74, 6) is 0.205. The van der Waals surface area contributed by atoms with Crippen molar-refractivity contribution < 1.29 is 4.79 Å². The van der Waals surface area contributed by atoms with Crippen LogP contribution in [0.5, 0.6) is 0 Å². The van der Waals surface area contributed by atoms with Gasteiger partial charge in [0.25, 0.3) is 0 Å². The summed E-state index contributed by atoms with van der Waals surface area (Å²) >= 11 is 0. The molecule has 0 aliphatic heterocycles. The summed E-state index contributed by atoms with van der Waals surface area (Å²) in [6.45, 7) is 7.54. The zero-order valence-electron chi connectivity index (χ0n) is 17.4. The van der Waals surface area contributed by atoms with E-state index in [9.17, 15) is 9.59 Å². The summed E-state index contributed by atoms with van der Waals surface area (Å²) in [7, 11) is 0. The van der Waals surface area contributed by atoms with Gasteiger partial charge in [-0.05, 0) is 38.8 Å². The molecule has 1 N–H and O–H groups in total. The number of carbonyl (C=O) groups excluding carboxylic acids is 1. The number of nitrogens with one attached hydrogen (secondary N) is 1. The predicted octanol–water partition coefficient (Wildman–Crippen LogP) is 3.43. The number of rotatable bonds is 4. The molecule has 4 aromatic rings. The summed E-state index contributed by atoms with van der Waals surface area (Å²) in [5, 5.41) is 7.27. The third-order valence-corrected chi connectivity index (χ3v) is 5.05.